The second kappa shape index (κ2) is 7.80. The summed E-state index contributed by atoms with van der Waals surface area (Å²) in [6.07, 6.45) is 5.47. The summed E-state index contributed by atoms with van der Waals surface area (Å²) in [6.45, 7) is 0.847. The first-order valence-corrected chi connectivity index (χ1v) is 9.47. The van der Waals surface area contributed by atoms with Gasteiger partial charge in [0.15, 0.2) is 9.84 Å². The van der Waals surface area contributed by atoms with Crippen molar-refractivity contribution in [3.05, 3.63) is 29.8 Å². The Morgan fingerprint density at radius 2 is 1.86 bits per heavy atom. The molecular formula is C16H25NO3S. The Bertz CT molecular complexity index is 536. The Labute approximate surface area is 127 Å². The van der Waals surface area contributed by atoms with Crippen molar-refractivity contribution < 1.29 is 13.2 Å². The van der Waals surface area contributed by atoms with Gasteiger partial charge in [0.2, 0.25) is 0 Å². The zero-order chi connectivity index (χ0) is 15.1. The van der Waals surface area contributed by atoms with Crippen molar-refractivity contribution in [2.24, 2.45) is 5.73 Å². The lowest BCUT2D eigenvalue weighted by Gasteiger charge is -2.21. The molecule has 1 aliphatic carbocycles. The molecule has 0 unspecified atom stereocenters. The van der Waals surface area contributed by atoms with Crippen molar-refractivity contribution in [1.29, 1.82) is 0 Å². The zero-order valence-electron chi connectivity index (χ0n) is 12.5. The number of nitrogens with two attached hydrogens (primary N) is 1. The van der Waals surface area contributed by atoms with E-state index in [9.17, 15) is 8.42 Å². The number of ether oxygens (including phenoxy) is 1. The third kappa shape index (κ3) is 4.71. The normalized spacial score (nSPS) is 16.8. The Kier molecular flexibility index (Phi) is 6.06. The van der Waals surface area contributed by atoms with Gasteiger partial charge in [-0.15, -0.1) is 0 Å². The summed E-state index contributed by atoms with van der Waals surface area (Å²) >= 11 is 0. The summed E-state index contributed by atoms with van der Waals surface area (Å²) in [5.74, 6) is 0.984. The summed E-state index contributed by atoms with van der Waals surface area (Å²) in [5, 5.41) is -0.123. The van der Waals surface area contributed by atoms with E-state index in [1.165, 1.54) is 6.42 Å². The molecule has 2 N–H and O–H groups in total. The first-order valence-electron chi connectivity index (χ1n) is 7.76. The van der Waals surface area contributed by atoms with Crippen LogP contribution in [-0.4, -0.2) is 26.0 Å². The van der Waals surface area contributed by atoms with E-state index in [1.54, 1.807) is 0 Å². The lowest BCUT2D eigenvalue weighted by atomic mass is 10.0. The molecule has 21 heavy (non-hydrogen) atoms. The fourth-order valence-corrected chi connectivity index (χ4v) is 4.75. The molecule has 0 radical (unpaired) electrons. The Hall–Kier alpha value is -1.07. The van der Waals surface area contributed by atoms with E-state index < -0.39 is 9.84 Å². The van der Waals surface area contributed by atoms with Crippen LogP contribution >= 0.6 is 0 Å². The molecule has 1 saturated carbocycles. The second-order valence-electron chi connectivity index (χ2n) is 5.64. The van der Waals surface area contributed by atoms with Gasteiger partial charge >= 0.3 is 0 Å². The average Bonchev–Trinajstić information content (AvgIpc) is 2.53. The van der Waals surface area contributed by atoms with Crippen LogP contribution in [0.5, 0.6) is 5.75 Å². The smallest absolute Gasteiger partial charge is 0.153 e. The Morgan fingerprint density at radius 3 is 2.57 bits per heavy atom. The highest BCUT2D eigenvalue weighted by atomic mass is 32.2. The summed E-state index contributed by atoms with van der Waals surface area (Å²) < 4.78 is 30.2. The maximum atomic E-state index is 12.2. The fraction of sp³-hybridized carbons (Fsp3) is 0.625. The third-order valence-electron chi connectivity index (χ3n) is 4.08. The molecule has 0 atom stereocenters. The minimum Gasteiger partial charge on any atom is -0.493 e. The highest BCUT2D eigenvalue weighted by Gasteiger charge is 2.26. The Morgan fingerprint density at radius 1 is 1.14 bits per heavy atom. The molecular weight excluding hydrogens is 286 g/mol. The van der Waals surface area contributed by atoms with Gasteiger partial charge in [-0.05, 0) is 25.3 Å². The van der Waals surface area contributed by atoms with Gasteiger partial charge in [-0.2, -0.15) is 0 Å². The van der Waals surface area contributed by atoms with Gasteiger partial charge in [-0.25, -0.2) is 8.42 Å². The minimum absolute atomic E-state index is 0.123. The van der Waals surface area contributed by atoms with Crippen LogP contribution in [0.1, 0.15) is 44.1 Å². The maximum absolute atomic E-state index is 12.2. The molecule has 2 rings (SSSR count). The molecule has 0 aliphatic heterocycles. The number of hydrogen-bond acceptors (Lipinski definition) is 4. The molecule has 1 aliphatic rings. The molecule has 0 aromatic heterocycles. The van der Waals surface area contributed by atoms with Crippen LogP contribution in [0.4, 0.5) is 0 Å². The highest BCUT2D eigenvalue weighted by Crippen LogP contribution is 2.24. The predicted octanol–water partition coefficient (Wildman–Crippen LogP) is 2.66. The number of para-hydroxylation sites is 1. The molecule has 1 fully saturated rings. The summed E-state index contributed by atoms with van der Waals surface area (Å²) in [7, 11) is -2.96. The molecule has 5 heteroatoms. The molecule has 0 heterocycles. The largest absolute Gasteiger partial charge is 0.493 e. The molecule has 1 aromatic carbocycles. The predicted molar refractivity (Wildman–Crippen MR) is 85.1 cm³/mol. The van der Waals surface area contributed by atoms with Crippen LogP contribution < -0.4 is 10.5 Å². The van der Waals surface area contributed by atoms with Crippen LogP contribution in [0.3, 0.4) is 0 Å². The molecule has 0 bridgehead atoms. The lowest BCUT2D eigenvalue weighted by Crippen LogP contribution is -2.27. The molecule has 0 amide bonds. The lowest BCUT2D eigenvalue weighted by molar-refractivity contribution is 0.314. The molecule has 1 aromatic rings. The Balaban J connectivity index is 1.78. The summed E-state index contributed by atoms with van der Waals surface area (Å²) in [4.78, 5) is 0. The van der Waals surface area contributed by atoms with Crippen LogP contribution in [-0.2, 0) is 16.4 Å². The van der Waals surface area contributed by atoms with Crippen LogP contribution in [0, 0.1) is 0 Å². The van der Waals surface area contributed by atoms with Crippen molar-refractivity contribution in [2.75, 3.05) is 12.4 Å². The number of hydrogen-bond donors (Lipinski definition) is 1. The zero-order valence-corrected chi connectivity index (χ0v) is 13.3. The van der Waals surface area contributed by atoms with E-state index in [0.717, 1.165) is 37.0 Å². The van der Waals surface area contributed by atoms with E-state index in [1.807, 2.05) is 24.3 Å². The van der Waals surface area contributed by atoms with Gasteiger partial charge in [0, 0.05) is 12.1 Å². The molecule has 4 nitrogen and oxygen atoms in total. The van der Waals surface area contributed by atoms with Gasteiger partial charge in [-0.1, -0.05) is 37.5 Å². The van der Waals surface area contributed by atoms with Crippen molar-refractivity contribution in [2.45, 2.75) is 50.3 Å². The topological polar surface area (TPSA) is 69.4 Å². The van der Waals surface area contributed by atoms with Crippen molar-refractivity contribution >= 4 is 9.84 Å². The SMILES string of the molecule is NCc1ccccc1OCCCS(=O)(=O)C1CCCCC1. The van der Waals surface area contributed by atoms with Crippen LogP contribution in [0.25, 0.3) is 0 Å². The first kappa shape index (κ1) is 16.3. The molecule has 118 valence electrons. The van der Waals surface area contributed by atoms with E-state index >= 15 is 0 Å². The minimum atomic E-state index is -2.96. The number of sulfone groups is 1. The maximum Gasteiger partial charge on any atom is 0.153 e. The summed E-state index contributed by atoms with van der Waals surface area (Å²) in [5.41, 5.74) is 6.60. The first-order chi connectivity index (χ1) is 10.1. The number of benzene rings is 1. The monoisotopic (exact) mass is 311 g/mol. The summed E-state index contributed by atoms with van der Waals surface area (Å²) in [6, 6.07) is 7.61. The van der Waals surface area contributed by atoms with Gasteiger partial charge in [-0.3, -0.25) is 0 Å². The van der Waals surface area contributed by atoms with Crippen molar-refractivity contribution in [1.82, 2.24) is 0 Å². The van der Waals surface area contributed by atoms with Gasteiger partial charge < -0.3 is 10.5 Å². The highest BCUT2D eigenvalue weighted by molar-refractivity contribution is 7.92. The van der Waals surface area contributed by atoms with Crippen molar-refractivity contribution in [3.63, 3.8) is 0 Å². The fourth-order valence-electron chi connectivity index (χ4n) is 2.85. The second-order valence-corrected chi connectivity index (χ2v) is 8.04. The van der Waals surface area contributed by atoms with Crippen LogP contribution in [0.15, 0.2) is 24.3 Å². The molecule has 0 saturated heterocycles. The standard InChI is InChI=1S/C16H25NO3S/c17-13-14-7-4-5-10-16(14)20-11-6-12-21(18,19)15-8-2-1-3-9-15/h4-5,7,10,15H,1-3,6,8-9,11-13,17H2. The van der Waals surface area contributed by atoms with Gasteiger partial charge in [0.1, 0.15) is 5.75 Å². The molecule has 0 spiro atoms. The average molecular weight is 311 g/mol. The van der Waals surface area contributed by atoms with Crippen LogP contribution in [0.2, 0.25) is 0 Å². The van der Waals surface area contributed by atoms with E-state index in [4.69, 9.17) is 10.5 Å². The van der Waals surface area contributed by atoms with E-state index in [-0.39, 0.29) is 11.0 Å². The quantitative estimate of drug-likeness (QED) is 0.786. The third-order valence-corrected chi connectivity index (χ3v) is 6.43. The van der Waals surface area contributed by atoms with Crippen molar-refractivity contribution in [3.8, 4) is 5.75 Å². The van der Waals surface area contributed by atoms with Gasteiger partial charge in [0.05, 0.1) is 17.6 Å². The van der Waals surface area contributed by atoms with E-state index in [0.29, 0.717) is 19.6 Å². The number of rotatable bonds is 7. The van der Waals surface area contributed by atoms with E-state index in [2.05, 4.69) is 0 Å². The van der Waals surface area contributed by atoms with Gasteiger partial charge in [0.25, 0.3) is 0 Å².